The van der Waals surface area contributed by atoms with Gasteiger partial charge in [-0.3, -0.25) is 0 Å². The Morgan fingerprint density at radius 1 is 1.33 bits per heavy atom. The summed E-state index contributed by atoms with van der Waals surface area (Å²) in [7, 11) is 0. The van der Waals surface area contributed by atoms with Crippen LogP contribution in [0.2, 0.25) is 0 Å². The number of benzene rings is 1. The van der Waals surface area contributed by atoms with E-state index in [0.717, 1.165) is 16.6 Å². The summed E-state index contributed by atoms with van der Waals surface area (Å²) in [6.07, 6.45) is 0. The van der Waals surface area contributed by atoms with Crippen molar-refractivity contribution in [1.82, 2.24) is 4.68 Å². The van der Waals surface area contributed by atoms with Gasteiger partial charge in [0, 0.05) is 11.1 Å². The molecular formula is C9H8N2O. The molecule has 0 N–H and O–H groups in total. The molecule has 0 saturated carbocycles. The van der Waals surface area contributed by atoms with Crippen LogP contribution in [-0.4, -0.2) is 4.68 Å². The van der Waals surface area contributed by atoms with E-state index in [0.29, 0.717) is 0 Å². The van der Waals surface area contributed by atoms with E-state index in [1.807, 2.05) is 37.3 Å². The van der Waals surface area contributed by atoms with Gasteiger partial charge in [-0.15, -0.1) is 4.91 Å². The van der Waals surface area contributed by atoms with Crippen LogP contribution >= 0.6 is 0 Å². The molecule has 3 heteroatoms. The highest BCUT2D eigenvalue weighted by Gasteiger charge is 2.03. The zero-order valence-corrected chi connectivity index (χ0v) is 6.69. The van der Waals surface area contributed by atoms with Gasteiger partial charge in [0.1, 0.15) is 0 Å². The molecule has 3 nitrogen and oxygen atoms in total. The number of fused-ring (bicyclic) bond motifs is 1. The van der Waals surface area contributed by atoms with Crippen LogP contribution in [0.25, 0.3) is 10.9 Å². The van der Waals surface area contributed by atoms with E-state index in [1.165, 1.54) is 4.68 Å². The molecule has 0 spiro atoms. The number of aryl methyl sites for hydroxylation is 1. The first-order chi connectivity index (χ1) is 5.83. The minimum absolute atomic E-state index is 0.866. The molecule has 0 bridgehead atoms. The van der Waals surface area contributed by atoms with Crippen LogP contribution < -0.4 is 0 Å². The van der Waals surface area contributed by atoms with Gasteiger partial charge in [0.25, 0.3) is 0 Å². The zero-order valence-electron chi connectivity index (χ0n) is 6.69. The summed E-state index contributed by atoms with van der Waals surface area (Å²) < 4.78 is 1.40. The van der Waals surface area contributed by atoms with Crippen molar-refractivity contribution in [2.45, 2.75) is 6.92 Å². The summed E-state index contributed by atoms with van der Waals surface area (Å²) >= 11 is 0. The van der Waals surface area contributed by atoms with Crippen molar-refractivity contribution in [3.8, 4) is 0 Å². The Hall–Kier alpha value is -1.64. The fourth-order valence-electron chi connectivity index (χ4n) is 1.39. The molecule has 0 amide bonds. The van der Waals surface area contributed by atoms with Crippen LogP contribution in [0.4, 0.5) is 0 Å². The lowest BCUT2D eigenvalue weighted by Crippen LogP contribution is -1.87. The lowest BCUT2D eigenvalue weighted by molar-refractivity contribution is 0.871. The number of hydrogen-bond acceptors (Lipinski definition) is 2. The normalized spacial score (nSPS) is 10.4. The fourth-order valence-corrected chi connectivity index (χ4v) is 1.39. The summed E-state index contributed by atoms with van der Waals surface area (Å²) in [5, 5.41) is 3.98. The maximum absolute atomic E-state index is 10.4. The number of aromatic nitrogens is 1. The minimum atomic E-state index is 0.866. The van der Waals surface area contributed by atoms with Crippen LogP contribution in [0.15, 0.2) is 35.6 Å². The first-order valence-corrected chi connectivity index (χ1v) is 3.73. The Morgan fingerprint density at radius 2 is 2.08 bits per heavy atom. The third-order valence-corrected chi connectivity index (χ3v) is 1.95. The summed E-state index contributed by atoms with van der Waals surface area (Å²) in [5.74, 6) is 0. The van der Waals surface area contributed by atoms with Gasteiger partial charge in [0.2, 0.25) is 0 Å². The highest BCUT2D eigenvalue weighted by molar-refractivity contribution is 5.81. The molecule has 0 atom stereocenters. The maximum atomic E-state index is 10.4. The molecule has 0 radical (unpaired) electrons. The van der Waals surface area contributed by atoms with E-state index in [4.69, 9.17) is 0 Å². The van der Waals surface area contributed by atoms with E-state index in [9.17, 15) is 4.91 Å². The minimum Gasteiger partial charge on any atom is -0.201 e. The van der Waals surface area contributed by atoms with Gasteiger partial charge in [-0.25, -0.2) is 4.68 Å². The van der Waals surface area contributed by atoms with E-state index in [2.05, 4.69) is 5.29 Å². The van der Waals surface area contributed by atoms with Gasteiger partial charge < -0.3 is 0 Å². The average Bonchev–Trinajstić information content (AvgIpc) is 2.40. The van der Waals surface area contributed by atoms with Gasteiger partial charge >= 0.3 is 0 Å². The zero-order chi connectivity index (χ0) is 8.55. The van der Waals surface area contributed by atoms with Crippen molar-refractivity contribution < 1.29 is 0 Å². The molecular weight excluding hydrogens is 152 g/mol. The first kappa shape index (κ1) is 7.03. The summed E-state index contributed by atoms with van der Waals surface area (Å²) in [5.41, 5.74) is 1.73. The fraction of sp³-hybridized carbons (Fsp3) is 0.111. The van der Waals surface area contributed by atoms with Crippen molar-refractivity contribution in [2.24, 2.45) is 5.29 Å². The van der Waals surface area contributed by atoms with Gasteiger partial charge in [-0.1, -0.05) is 18.2 Å². The van der Waals surface area contributed by atoms with Crippen molar-refractivity contribution in [3.05, 3.63) is 40.9 Å². The molecule has 0 aliphatic carbocycles. The largest absolute Gasteiger partial charge is 0.201 e. The molecule has 0 saturated heterocycles. The number of hydrogen-bond donors (Lipinski definition) is 0. The number of para-hydroxylation sites is 1. The van der Waals surface area contributed by atoms with E-state index in [-0.39, 0.29) is 0 Å². The second-order valence-electron chi connectivity index (χ2n) is 2.74. The first-order valence-electron chi connectivity index (χ1n) is 3.73. The van der Waals surface area contributed by atoms with Crippen molar-refractivity contribution in [1.29, 1.82) is 0 Å². The average molecular weight is 160 g/mol. The molecule has 2 aromatic rings. The summed E-state index contributed by atoms with van der Waals surface area (Å²) in [6.45, 7) is 1.86. The Labute approximate surface area is 69.6 Å². The molecule has 0 aliphatic heterocycles. The van der Waals surface area contributed by atoms with E-state index in [1.54, 1.807) is 0 Å². The van der Waals surface area contributed by atoms with Crippen LogP contribution in [0.5, 0.6) is 0 Å². The predicted octanol–water partition coefficient (Wildman–Crippen LogP) is 2.48. The molecule has 1 aromatic heterocycles. The lowest BCUT2D eigenvalue weighted by atomic mass is 10.2. The van der Waals surface area contributed by atoms with Crippen LogP contribution in [-0.2, 0) is 0 Å². The van der Waals surface area contributed by atoms with Crippen molar-refractivity contribution >= 4 is 10.9 Å². The Kier molecular flexibility index (Phi) is 1.43. The quantitative estimate of drug-likeness (QED) is 0.590. The smallest absolute Gasteiger partial charge is 0.0754 e. The van der Waals surface area contributed by atoms with Crippen LogP contribution in [0, 0.1) is 11.8 Å². The summed E-state index contributed by atoms with van der Waals surface area (Å²) in [4.78, 5) is 10.4. The molecule has 1 aromatic carbocycles. The Morgan fingerprint density at radius 3 is 2.83 bits per heavy atom. The molecule has 2 rings (SSSR count). The predicted molar refractivity (Wildman–Crippen MR) is 47.9 cm³/mol. The van der Waals surface area contributed by atoms with Crippen molar-refractivity contribution in [2.75, 3.05) is 0 Å². The van der Waals surface area contributed by atoms with Crippen LogP contribution in [0.3, 0.4) is 0 Å². The third kappa shape index (κ3) is 0.830. The van der Waals surface area contributed by atoms with Crippen LogP contribution in [0.1, 0.15) is 5.69 Å². The molecule has 12 heavy (non-hydrogen) atoms. The number of nitroso groups, excluding NO2 is 1. The molecule has 0 aliphatic rings. The monoisotopic (exact) mass is 160 g/mol. The summed E-state index contributed by atoms with van der Waals surface area (Å²) in [6, 6.07) is 9.62. The molecule has 1 heterocycles. The molecule has 0 fully saturated rings. The van der Waals surface area contributed by atoms with E-state index >= 15 is 0 Å². The topological polar surface area (TPSA) is 34.4 Å². The molecule has 0 unspecified atom stereocenters. The standard InChI is InChI=1S/C9H8N2O/c1-7-6-8-4-2-3-5-9(8)11(7)10-12/h2-6H,1H3. The number of rotatable bonds is 1. The van der Waals surface area contributed by atoms with E-state index < -0.39 is 0 Å². The molecule has 60 valence electrons. The van der Waals surface area contributed by atoms with Gasteiger partial charge in [-0.05, 0) is 19.1 Å². The maximum Gasteiger partial charge on any atom is 0.0754 e. The Balaban J connectivity index is 2.90. The third-order valence-electron chi connectivity index (χ3n) is 1.95. The number of nitrogens with zero attached hydrogens (tertiary/aromatic N) is 2. The second kappa shape index (κ2) is 2.44. The highest BCUT2D eigenvalue weighted by Crippen LogP contribution is 2.18. The van der Waals surface area contributed by atoms with Gasteiger partial charge in [0.15, 0.2) is 0 Å². The Bertz CT molecular complexity index is 431. The van der Waals surface area contributed by atoms with Gasteiger partial charge in [0.05, 0.1) is 10.8 Å². The van der Waals surface area contributed by atoms with Crippen molar-refractivity contribution in [3.63, 3.8) is 0 Å². The second-order valence-corrected chi connectivity index (χ2v) is 2.74. The van der Waals surface area contributed by atoms with Gasteiger partial charge in [-0.2, -0.15) is 0 Å². The highest BCUT2D eigenvalue weighted by atomic mass is 16.3. The lowest BCUT2D eigenvalue weighted by Gasteiger charge is -1.92. The SMILES string of the molecule is Cc1cc2ccccc2n1N=O.